The van der Waals surface area contributed by atoms with Gasteiger partial charge in [-0.3, -0.25) is 0 Å². The van der Waals surface area contributed by atoms with Gasteiger partial charge < -0.3 is 14.8 Å². The molecule has 0 aliphatic heterocycles. The summed E-state index contributed by atoms with van der Waals surface area (Å²) in [7, 11) is 1.64. The van der Waals surface area contributed by atoms with Crippen molar-refractivity contribution in [3.05, 3.63) is 71.6 Å². The fourth-order valence-electron chi connectivity index (χ4n) is 2.75. The number of nitrogens with one attached hydrogen (secondary N) is 1. The molecule has 142 valence electrons. The fraction of sp³-hybridized carbons (Fsp3) is 0.333. The Bertz CT molecular complexity index is 706. The molecular formula is C21H27ClFNO2. The Morgan fingerprint density at radius 3 is 2.62 bits per heavy atom. The lowest BCUT2D eigenvalue weighted by Crippen LogP contribution is -2.17. The summed E-state index contributed by atoms with van der Waals surface area (Å²) in [4.78, 5) is 0. The van der Waals surface area contributed by atoms with E-state index in [1.54, 1.807) is 13.2 Å². The molecule has 0 unspecified atom stereocenters. The molecule has 0 amide bonds. The highest BCUT2D eigenvalue weighted by Crippen LogP contribution is 2.33. The average Bonchev–Trinajstić information content (AvgIpc) is 2.62. The number of allylic oxidation sites excluding steroid dienone is 1. The molecule has 0 fully saturated rings. The van der Waals surface area contributed by atoms with Crippen LogP contribution in [0.2, 0.25) is 0 Å². The Morgan fingerprint density at radius 1 is 1.19 bits per heavy atom. The summed E-state index contributed by atoms with van der Waals surface area (Å²) < 4.78 is 24.8. The number of rotatable bonds is 10. The first kappa shape index (κ1) is 22.0. The van der Waals surface area contributed by atoms with Crippen molar-refractivity contribution in [1.29, 1.82) is 0 Å². The molecule has 0 radical (unpaired) electrons. The molecular weight excluding hydrogens is 353 g/mol. The quantitative estimate of drug-likeness (QED) is 0.478. The van der Waals surface area contributed by atoms with Gasteiger partial charge in [-0.05, 0) is 49.6 Å². The van der Waals surface area contributed by atoms with Gasteiger partial charge in [0.15, 0.2) is 11.5 Å². The third-order valence-electron chi connectivity index (χ3n) is 3.92. The van der Waals surface area contributed by atoms with Gasteiger partial charge in [0.2, 0.25) is 0 Å². The van der Waals surface area contributed by atoms with Gasteiger partial charge in [-0.25, -0.2) is 4.39 Å². The minimum absolute atomic E-state index is 0. The molecule has 0 spiro atoms. The number of halogens is 2. The molecule has 0 heterocycles. The zero-order chi connectivity index (χ0) is 18.1. The van der Waals surface area contributed by atoms with E-state index < -0.39 is 0 Å². The molecule has 0 aliphatic rings. The molecule has 0 aromatic heterocycles. The molecule has 0 aliphatic carbocycles. The van der Waals surface area contributed by atoms with Crippen LogP contribution in [-0.2, 0) is 19.4 Å². The molecule has 5 heteroatoms. The largest absolute Gasteiger partial charge is 0.493 e. The lowest BCUT2D eigenvalue weighted by Gasteiger charge is -2.16. The first-order valence-corrected chi connectivity index (χ1v) is 8.57. The maximum Gasteiger partial charge on any atom is 0.164 e. The molecule has 0 saturated heterocycles. The van der Waals surface area contributed by atoms with Crippen molar-refractivity contribution in [3.63, 3.8) is 0 Å². The van der Waals surface area contributed by atoms with E-state index in [9.17, 15) is 4.39 Å². The van der Waals surface area contributed by atoms with E-state index in [1.807, 2.05) is 31.2 Å². The van der Waals surface area contributed by atoms with Crippen molar-refractivity contribution in [2.45, 2.75) is 26.3 Å². The van der Waals surface area contributed by atoms with Crippen LogP contribution >= 0.6 is 12.4 Å². The first-order valence-electron chi connectivity index (χ1n) is 8.57. The monoisotopic (exact) mass is 379 g/mol. The van der Waals surface area contributed by atoms with Gasteiger partial charge in [0.05, 0.1) is 13.7 Å². The number of hydrogen-bond acceptors (Lipinski definition) is 3. The minimum atomic E-state index is -0.152. The summed E-state index contributed by atoms with van der Waals surface area (Å²) in [5.41, 5.74) is 2.89. The molecule has 0 saturated carbocycles. The summed E-state index contributed by atoms with van der Waals surface area (Å²) in [6, 6.07) is 11.0. The zero-order valence-electron chi connectivity index (χ0n) is 15.4. The number of ether oxygens (including phenoxy) is 2. The van der Waals surface area contributed by atoms with Gasteiger partial charge in [0.1, 0.15) is 5.82 Å². The van der Waals surface area contributed by atoms with Gasteiger partial charge in [0, 0.05) is 12.1 Å². The summed E-state index contributed by atoms with van der Waals surface area (Å²) in [6.45, 7) is 7.73. The molecule has 2 aromatic rings. The highest BCUT2D eigenvalue weighted by Gasteiger charge is 2.12. The van der Waals surface area contributed by atoms with Crippen LogP contribution in [0.15, 0.2) is 49.1 Å². The second-order valence-corrected chi connectivity index (χ2v) is 5.73. The third kappa shape index (κ3) is 6.04. The molecule has 0 bridgehead atoms. The maximum atomic E-state index is 13.6. The van der Waals surface area contributed by atoms with Crippen LogP contribution in [-0.4, -0.2) is 20.3 Å². The molecule has 26 heavy (non-hydrogen) atoms. The smallest absolute Gasteiger partial charge is 0.164 e. The number of hydrogen-bond donors (Lipinski definition) is 1. The second-order valence-electron chi connectivity index (χ2n) is 5.73. The molecule has 1 N–H and O–H groups in total. The summed E-state index contributed by atoms with van der Waals surface area (Å²) in [5.74, 6) is 1.35. The van der Waals surface area contributed by atoms with Crippen LogP contribution in [0, 0.1) is 5.82 Å². The van der Waals surface area contributed by atoms with Crippen LogP contribution in [0.1, 0.15) is 23.6 Å². The highest BCUT2D eigenvalue weighted by atomic mass is 35.5. The van der Waals surface area contributed by atoms with E-state index in [1.165, 1.54) is 6.07 Å². The van der Waals surface area contributed by atoms with Gasteiger partial charge >= 0.3 is 0 Å². The Balaban J connectivity index is 0.00000338. The minimum Gasteiger partial charge on any atom is -0.493 e. The molecule has 0 atom stereocenters. The predicted molar refractivity (Wildman–Crippen MR) is 107 cm³/mol. The van der Waals surface area contributed by atoms with Crippen LogP contribution < -0.4 is 14.8 Å². The fourth-order valence-corrected chi connectivity index (χ4v) is 2.75. The van der Waals surface area contributed by atoms with E-state index in [-0.39, 0.29) is 18.2 Å². The van der Waals surface area contributed by atoms with Crippen LogP contribution in [0.25, 0.3) is 0 Å². The first-order chi connectivity index (χ1) is 12.2. The number of methoxy groups -OCH3 is 1. The predicted octanol–water partition coefficient (Wildman–Crippen LogP) is 4.72. The normalized spacial score (nSPS) is 10.1. The van der Waals surface area contributed by atoms with Crippen molar-refractivity contribution >= 4 is 12.4 Å². The van der Waals surface area contributed by atoms with E-state index in [4.69, 9.17) is 9.47 Å². The van der Waals surface area contributed by atoms with Crippen LogP contribution in [0.3, 0.4) is 0 Å². The van der Waals surface area contributed by atoms with E-state index in [2.05, 4.69) is 18.0 Å². The van der Waals surface area contributed by atoms with Crippen molar-refractivity contribution in [3.8, 4) is 11.5 Å². The standard InChI is InChI=1S/C21H26FNO2.ClH/c1-4-8-18-13-16(14-20(24-3)21(18)25-5-2)15-23-12-11-17-9-6-7-10-19(17)22;/h4,6-7,9-10,13-14,23H,1,5,8,11-12,15H2,2-3H3;1H. The van der Waals surface area contributed by atoms with E-state index in [0.717, 1.165) is 34.6 Å². The lowest BCUT2D eigenvalue weighted by molar-refractivity contribution is 0.308. The zero-order valence-corrected chi connectivity index (χ0v) is 16.2. The number of benzene rings is 2. The van der Waals surface area contributed by atoms with Crippen molar-refractivity contribution in [2.75, 3.05) is 20.3 Å². The van der Waals surface area contributed by atoms with Crippen molar-refractivity contribution in [1.82, 2.24) is 5.32 Å². The van der Waals surface area contributed by atoms with Crippen molar-refractivity contribution in [2.24, 2.45) is 0 Å². The van der Waals surface area contributed by atoms with E-state index >= 15 is 0 Å². The van der Waals surface area contributed by atoms with Crippen LogP contribution in [0.5, 0.6) is 11.5 Å². The Morgan fingerprint density at radius 2 is 1.96 bits per heavy atom. The second kappa shape index (κ2) is 11.6. The Kier molecular flexibility index (Phi) is 9.78. The van der Waals surface area contributed by atoms with Gasteiger partial charge in [-0.1, -0.05) is 30.3 Å². The molecule has 3 nitrogen and oxygen atoms in total. The van der Waals surface area contributed by atoms with Crippen molar-refractivity contribution < 1.29 is 13.9 Å². The molecule has 2 rings (SSSR count). The summed E-state index contributed by atoms with van der Waals surface area (Å²) >= 11 is 0. The average molecular weight is 380 g/mol. The summed E-state index contributed by atoms with van der Waals surface area (Å²) in [5, 5.41) is 3.36. The highest BCUT2D eigenvalue weighted by molar-refractivity contribution is 5.85. The van der Waals surface area contributed by atoms with Crippen LogP contribution in [0.4, 0.5) is 4.39 Å². The SMILES string of the molecule is C=CCc1cc(CNCCc2ccccc2F)cc(OC)c1OCC.Cl. The lowest BCUT2D eigenvalue weighted by atomic mass is 10.1. The van der Waals surface area contributed by atoms with Gasteiger partial charge in [0.25, 0.3) is 0 Å². The topological polar surface area (TPSA) is 30.5 Å². The maximum absolute atomic E-state index is 13.6. The third-order valence-corrected chi connectivity index (χ3v) is 3.92. The summed E-state index contributed by atoms with van der Waals surface area (Å²) in [6.07, 6.45) is 3.22. The van der Waals surface area contributed by atoms with Gasteiger partial charge in [-0.15, -0.1) is 19.0 Å². The van der Waals surface area contributed by atoms with E-state index in [0.29, 0.717) is 26.1 Å². The Labute approximate surface area is 161 Å². The molecule has 2 aromatic carbocycles. The Hall–Kier alpha value is -2.04. The van der Waals surface area contributed by atoms with Gasteiger partial charge in [-0.2, -0.15) is 0 Å².